The summed E-state index contributed by atoms with van der Waals surface area (Å²) in [6.45, 7) is 2.44. The molecule has 4 aromatic rings. The lowest BCUT2D eigenvalue weighted by Gasteiger charge is -2.06. The molecular formula is C24H22ClN7O. The van der Waals surface area contributed by atoms with Crippen LogP contribution in [0.25, 0.3) is 17.5 Å². The van der Waals surface area contributed by atoms with Crippen molar-refractivity contribution in [1.82, 2.24) is 30.0 Å². The van der Waals surface area contributed by atoms with Gasteiger partial charge in [0, 0.05) is 22.9 Å². The van der Waals surface area contributed by atoms with Gasteiger partial charge in [-0.05, 0) is 54.0 Å². The third-order valence-corrected chi connectivity index (χ3v) is 5.86. The van der Waals surface area contributed by atoms with Crippen molar-refractivity contribution in [3.8, 4) is 11.4 Å². The Morgan fingerprint density at radius 2 is 2.00 bits per heavy atom. The molecule has 8 nitrogen and oxygen atoms in total. The number of amides is 1. The quantitative estimate of drug-likeness (QED) is 0.410. The number of hydrogen-bond donors (Lipinski definition) is 1. The minimum Gasteiger partial charge on any atom is -0.322 e. The van der Waals surface area contributed by atoms with E-state index in [1.807, 2.05) is 66.2 Å². The van der Waals surface area contributed by atoms with Gasteiger partial charge in [0.05, 0.1) is 18.3 Å². The van der Waals surface area contributed by atoms with Crippen LogP contribution in [0.15, 0.2) is 60.7 Å². The molecule has 1 fully saturated rings. The van der Waals surface area contributed by atoms with Crippen molar-refractivity contribution in [3.05, 3.63) is 82.6 Å². The van der Waals surface area contributed by atoms with Crippen molar-refractivity contribution >= 4 is 29.3 Å². The minimum absolute atomic E-state index is 0.264. The van der Waals surface area contributed by atoms with E-state index in [0.717, 1.165) is 35.2 Å². The Morgan fingerprint density at radius 3 is 2.79 bits per heavy atom. The first-order valence-electron chi connectivity index (χ1n) is 10.7. The lowest BCUT2D eigenvalue weighted by molar-refractivity contribution is -0.111. The fourth-order valence-corrected chi connectivity index (χ4v) is 3.94. The van der Waals surface area contributed by atoms with E-state index in [9.17, 15) is 4.79 Å². The van der Waals surface area contributed by atoms with Crippen LogP contribution in [0.2, 0.25) is 5.15 Å². The van der Waals surface area contributed by atoms with Gasteiger partial charge in [0.1, 0.15) is 5.15 Å². The van der Waals surface area contributed by atoms with Crippen molar-refractivity contribution < 1.29 is 4.79 Å². The molecule has 5 rings (SSSR count). The molecule has 1 amide bonds. The van der Waals surface area contributed by atoms with Gasteiger partial charge in [-0.3, -0.25) is 4.79 Å². The number of nitrogens with one attached hydrogen (secondary N) is 1. The van der Waals surface area contributed by atoms with Crippen molar-refractivity contribution in [1.29, 1.82) is 0 Å². The zero-order valence-electron chi connectivity index (χ0n) is 18.0. The van der Waals surface area contributed by atoms with Crippen LogP contribution in [0.3, 0.4) is 0 Å². The fraction of sp³-hybridized carbons (Fsp3) is 0.208. The highest BCUT2D eigenvalue weighted by molar-refractivity contribution is 6.31. The highest BCUT2D eigenvalue weighted by Crippen LogP contribution is 2.36. The van der Waals surface area contributed by atoms with E-state index >= 15 is 0 Å². The van der Waals surface area contributed by atoms with Gasteiger partial charge < -0.3 is 5.32 Å². The van der Waals surface area contributed by atoms with Crippen molar-refractivity contribution in [2.75, 3.05) is 5.32 Å². The first kappa shape index (κ1) is 21.1. The van der Waals surface area contributed by atoms with Gasteiger partial charge >= 0.3 is 0 Å². The summed E-state index contributed by atoms with van der Waals surface area (Å²) in [6.07, 6.45) is 5.33. The van der Waals surface area contributed by atoms with E-state index < -0.39 is 0 Å². The van der Waals surface area contributed by atoms with Crippen LogP contribution in [0.1, 0.15) is 35.7 Å². The van der Waals surface area contributed by atoms with E-state index in [0.29, 0.717) is 29.3 Å². The second kappa shape index (κ2) is 8.99. The summed E-state index contributed by atoms with van der Waals surface area (Å²) in [5.41, 5.74) is 4.10. The molecule has 33 heavy (non-hydrogen) atoms. The predicted octanol–water partition coefficient (Wildman–Crippen LogP) is 4.53. The van der Waals surface area contributed by atoms with Gasteiger partial charge in [-0.25, -0.2) is 9.36 Å². The summed E-state index contributed by atoms with van der Waals surface area (Å²) in [4.78, 5) is 12.6. The summed E-state index contributed by atoms with van der Waals surface area (Å²) < 4.78 is 3.58. The molecule has 0 atom stereocenters. The zero-order chi connectivity index (χ0) is 22.8. The highest BCUT2D eigenvalue weighted by Gasteiger charge is 2.28. The zero-order valence-corrected chi connectivity index (χ0v) is 18.8. The van der Waals surface area contributed by atoms with Gasteiger partial charge in [-0.1, -0.05) is 54.1 Å². The maximum absolute atomic E-state index is 12.6. The maximum atomic E-state index is 12.6. The van der Waals surface area contributed by atoms with E-state index in [-0.39, 0.29) is 5.91 Å². The Kier molecular flexibility index (Phi) is 5.75. The van der Waals surface area contributed by atoms with Gasteiger partial charge in [-0.15, -0.1) is 5.10 Å². The summed E-state index contributed by atoms with van der Waals surface area (Å²) in [5.74, 6) is 0.442. The number of hydrogen-bond acceptors (Lipinski definition) is 5. The lowest BCUT2D eigenvalue weighted by Crippen LogP contribution is -2.08. The Morgan fingerprint density at radius 1 is 1.18 bits per heavy atom. The van der Waals surface area contributed by atoms with E-state index in [2.05, 4.69) is 25.9 Å². The van der Waals surface area contributed by atoms with Crippen LogP contribution in [-0.4, -0.2) is 35.9 Å². The lowest BCUT2D eigenvalue weighted by atomic mass is 10.2. The van der Waals surface area contributed by atoms with Gasteiger partial charge in [0.15, 0.2) is 5.82 Å². The second-order valence-electron chi connectivity index (χ2n) is 8.01. The fourth-order valence-electron chi connectivity index (χ4n) is 3.65. The number of carbonyl (C=O) groups is 1. The van der Waals surface area contributed by atoms with E-state index in [4.69, 9.17) is 11.6 Å². The molecule has 0 aliphatic heterocycles. The number of benzene rings is 2. The normalized spacial score (nSPS) is 13.5. The van der Waals surface area contributed by atoms with Crippen molar-refractivity contribution in [2.24, 2.45) is 0 Å². The van der Waals surface area contributed by atoms with E-state index in [1.54, 1.807) is 10.8 Å². The second-order valence-corrected chi connectivity index (χ2v) is 8.37. The van der Waals surface area contributed by atoms with Gasteiger partial charge in [-0.2, -0.15) is 5.10 Å². The van der Waals surface area contributed by atoms with Crippen LogP contribution < -0.4 is 5.32 Å². The third kappa shape index (κ3) is 4.70. The highest BCUT2D eigenvalue weighted by atomic mass is 35.5. The number of carbonyl (C=O) groups excluding carboxylic acids is 1. The largest absolute Gasteiger partial charge is 0.322 e. The molecule has 2 aromatic heterocycles. The number of tetrazole rings is 1. The molecule has 0 radical (unpaired) electrons. The number of halogens is 1. The summed E-state index contributed by atoms with van der Waals surface area (Å²) in [6, 6.07) is 17.8. The summed E-state index contributed by atoms with van der Waals surface area (Å²) >= 11 is 6.54. The Balaban J connectivity index is 1.29. The number of aromatic nitrogens is 6. The van der Waals surface area contributed by atoms with Crippen molar-refractivity contribution in [2.45, 2.75) is 32.4 Å². The number of anilines is 1. The molecule has 2 aromatic carbocycles. The number of rotatable bonds is 7. The SMILES string of the molecule is Cc1nn(Cc2ccccc2)c(Cl)c1/C=C/C(=O)Nc1cccc(-c2nnnn2C2CC2)c1. The van der Waals surface area contributed by atoms with Crippen LogP contribution in [0.5, 0.6) is 0 Å². The first-order chi connectivity index (χ1) is 16.1. The standard InChI is InChI=1S/C24H22ClN7O/c1-16-21(23(25)31(28-16)15-17-6-3-2-4-7-17)12-13-22(33)26-19-9-5-8-18(14-19)24-27-29-30-32(24)20-10-11-20/h2-9,12-14,20H,10-11,15H2,1H3,(H,26,33)/b13-12+. The molecule has 0 bridgehead atoms. The predicted molar refractivity (Wildman–Crippen MR) is 127 cm³/mol. The van der Waals surface area contributed by atoms with Gasteiger partial charge in [0.25, 0.3) is 0 Å². The number of aryl methyl sites for hydroxylation is 1. The van der Waals surface area contributed by atoms with Crippen LogP contribution in [-0.2, 0) is 11.3 Å². The molecule has 1 saturated carbocycles. The van der Waals surface area contributed by atoms with Gasteiger partial charge in [0.2, 0.25) is 5.91 Å². The van der Waals surface area contributed by atoms with Crippen LogP contribution >= 0.6 is 11.6 Å². The number of nitrogens with zero attached hydrogens (tertiary/aromatic N) is 6. The first-order valence-corrected chi connectivity index (χ1v) is 11.1. The average molecular weight is 460 g/mol. The Labute approximate surface area is 195 Å². The Bertz CT molecular complexity index is 1320. The van der Waals surface area contributed by atoms with Crippen LogP contribution in [0, 0.1) is 6.92 Å². The van der Waals surface area contributed by atoms with E-state index in [1.165, 1.54) is 6.08 Å². The molecule has 1 aliphatic rings. The average Bonchev–Trinajstić information content (AvgIpc) is 3.48. The molecule has 166 valence electrons. The summed E-state index contributed by atoms with van der Waals surface area (Å²) in [7, 11) is 0. The van der Waals surface area contributed by atoms with Crippen molar-refractivity contribution in [3.63, 3.8) is 0 Å². The smallest absolute Gasteiger partial charge is 0.248 e. The maximum Gasteiger partial charge on any atom is 0.248 e. The third-order valence-electron chi connectivity index (χ3n) is 5.46. The van der Waals surface area contributed by atoms with Crippen LogP contribution in [0.4, 0.5) is 5.69 Å². The molecule has 1 aliphatic carbocycles. The minimum atomic E-state index is -0.264. The summed E-state index contributed by atoms with van der Waals surface area (Å²) in [5, 5.41) is 19.9. The monoisotopic (exact) mass is 459 g/mol. The molecule has 0 spiro atoms. The molecule has 9 heteroatoms. The molecule has 0 saturated heterocycles. The topological polar surface area (TPSA) is 90.5 Å². The Hall–Kier alpha value is -3.78. The molecular weight excluding hydrogens is 438 g/mol. The molecule has 1 N–H and O–H groups in total. The molecule has 0 unspecified atom stereocenters. The molecule has 2 heterocycles.